The molecule has 0 radical (unpaired) electrons. The summed E-state index contributed by atoms with van der Waals surface area (Å²) < 4.78 is 17.7. The lowest BCUT2D eigenvalue weighted by molar-refractivity contribution is -0.141. The normalized spacial score (nSPS) is 14.6. The highest BCUT2D eigenvalue weighted by molar-refractivity contribution is 5.77. The first-order chi connectivity index (χ1) is 7.25. The minimum absolute atomic E-state index is 0.0291. The lowest BCUT2D eigenvalue weighted by Gasteiger charge is -2.31. The number of hydrogen-bond acceptors (Lipinski definition) is 3. The van der Waals surface area contributed by atoms with Crippen molar-refractivity contribution >= 4 is 5.91 Å². The Hall–Kier alpha value is -1.62. The van der Waals surface area contributed by atoms with Gasteiger partial charge in [0.25, 0.3) is 5.91 Å². The molecule has 0 spiro atoms. The predicted molar refractivity (Wildman–Crippen MR) is 51.6 cm³/mol. The molecule has 0 aromatic heterocycles. The third-order valence-electron chi connectivity index (χ3n) is 2.12. The fourth-order valence-corrected chi connectivity index (χ4v) is 1.19. The standard InChI is InChI=1S/C10H11FN2O2/c11-8-1-3-9(4-2-8)15-7-10(14)13-6-5-12-13/h1-4,12H,5-7H2. The topological polar surface area (TPSA) is 41.6 Å². The van der Waals surface area contributed by atoms with Crippen LogP contribution in [-0.4, -0.2) is 30.6 Å². The minimum Gasteiger partial charge on any atom is -0.484 e. The van der Waals surface area contributed by atoms with Gasteiger partial charge in [-0.15, -0.1) is 0 Å². The Balaban J connectivity index is 1.82. The molecule has 1 saturated heterocycles. The first-order valence-corrected chi connectivity index (χ1v) is 4.68. The molecule has 1 aromatic carbocycles. The summed E-state index contributed by atoms with van der Waals surface area (Å²) >= 11 is 0. The summed E-state index contributed by atoms with van der Waals surface area (Å²) in [4.78, 5) is 11.3. The number of amides is 1. The van der Waals surface area contributed by atoms with E-state index >= 15 is 0 Å². The molecule has 0 aliphatic carbocycles. The summed E-state index contributed by atoms with van der Waals surface area (Å²) in [6.07, 6.45) is 0. The Labute approximate surface area is 86.6 Å². The van der Waals surface area contributed by atoms with E-state index in [1.54, 1.807) is 0 Å². The number of hydrazine groups is 1. The molecule has 4 nitrogen and oxygen atoms in total. The molecular formula is C10H11FN2O2. The second-order valence-corrected chi connectivity index (χ2v) is 3.20. The molecule has 0 bridgehead atoms. The van der Waals surface area contributed by atoms with Crippen LogP contribution in [0.5, 0.6) is 5.75 Å². The molecule has 1 heterocycles. The molecule has 0 atom stereocenters. The SMILES string of the molecule is O=C(COc1ccc(F)cc1)N1CCN1. The maximum Gasteiger partial charge on any atom is 0.274 e. The molecule has 1 aliphatic heterocycles. The Bertz CT molecular complexity index is 349. The average molecular weight is 210 g/mol. The van der Waals surface area contributed by atoms with Crippen molar-refractivity contribution in [3.8, 4) is 5.75 Å². The highest BCUT2D eigenvalue weighted by Gasteiger charge is 2.19. The van der Waals surface area contributed by atoms with Crippen LogP contribution >= 0.6 is 0 Å². The van der Waals surface area contributed by atoms with E-state index in [4.69, 9.17) is 4.74 Å². The van der Waals surface area contributed by atoms with E-state index in [-0.39, 0.29) is 18.3 Å². The Morgan fingerprint density at radius 1 is 1.47 bits per heavy atom. The number of rotatable bonds is 3. The molecule has 0 unspecified atom stereocenters. The maximum absolute atomic E-state index is 12.5. The van der Waals surface area contributed by atoms with Crippen molar-refractivity contribution in [3.05, 3.63) is 30.1 Å². The minimum atomic E-state index is -0.321. The fourth-order valence-electron chi connectivity index (χ4n) is 1.19. The molecule has 1 aromatic rings. The van der Waals surface area contributed by atoms with Crippen LogP contribution in [0.2, 0.25) is 0 Å². The molecule has 5 heteroatoms. The van der Waals surface area contributed by atoms with E-state index in [2.05, 4.69) is 5.43 Å². The van der Waals surface area contributed by atoms with E-state index in [9.17, 15) is 9.18 Å². The number of carbonyl (C=O) groups is 1. The summed E-state index contributed by atoms with van der Waals surface area (Å²) in [6, 6.07) is 5.57. The molecule has 1 amide bonds. The van der Waals surface area contributed by atoms with Gasteiger partial charge in [0, 0.05) is 6.54 Å². The number of hydrogen-bond donors (Lipinski definition) is 1. The van der Waals surface area contributed by atoms with E-state index < -0.39 is 0 Å². The molecule has 80 valence electrons. The molecule has 1 N–H and O–H groups in total. The largest absolute Gasteiger partial charge is 0.484 e. The van der Waals surface area contributed by atoms with Gasteiger partial charge in [-0.1, -0.05) is 0 Å². The first-order valence-electron chi connectivity index (χ1n) is 4.68. The Morgan fingerprint density at radius 2 is 2.13 bits per heavy atom. The van der Waals surface area contributed by atoms with Crippen LogP contribution in [0.4, 0.5) is 4.39 Å². The summed E-state index contributed by atoms with van der Waals surface area (Å²) in [7, 11) is 0. The van der Waals surface area contributed by atoms with Crippen molar-refractivity contribution in [2.24, 2.45) is 0 Å². The number of ether oxygens (including phenoxy) is 1. The summed E-state index contributed by atoms with van der Waals surface area (Å²) in [6.45, 7) is 1.51. The van der Waals surface area contributed by atoms with E-state index in [0.717, 1.165) is 6.54 Å². The van der Waals surface area contributed by atoms with Gasteiger partial charge >= 0.3 is 0 Å². The van der Waals surface area contributed by atoms with E-state index in [1.807, 2.05) is 0 Å². The van der Waals surface area contributed by atoms with Gasteiger partial charge in [-0.25, -0.2) is 9.82 Å². The second kappa shape index (κ2) is 4.27. The second-order valence-electron chi connectivity index (χ2n) is 3.20. The van der Waals surface area contributed by atoms with Gasteiger partial charge in [0.1, 0.15) is 11.6 Å². The van der Waals surface area contributed by atoms with Gasteiger partial charge in [0.2, 0.25) is 0 Å². The smallest absolute Gasteiger partial charge is 0.274 e. The van der Waals surface area contributed by atoms with Crippen molar-refractivity contribution < 1.29 is 13.9 Å². The maximum atomic E-state index is 12.5. The molecule has 1 fully saturated rings. The van der Waals surface area contributed by atoms with Gasteiger partial charge < -0.3 is 4.74 Å². The van der Waals surface area contributed by atoms with Gasteiger partial charge in [-0.2, -0.15) is 0 Å². The van der Waals surface area contributed by atoms with Crippen molar-refractivity contribution in [2.75, 3.05) is 19.7 Å². The average Bonchev–Trinajstić information content (AvgIpc) is 2.14. The molecule has 1 aliphatic rings. The third kappa shape index (κ3) is 2.44. The number of nitrogens with one attached hydrogen (secondary N) is 1. The number of halogens is 1. The molecule has 2 rings (SSSR count). The monoisotopic (exact) mass is 210 g/mol. The zero-order valence-corrected chi connectivity index (χ0v) is 8.07. The van der Waals surface area contributed by atoms with Gasteiger partial charge in [0.05, 0.1) is 6.54 Å². The van der Waals surface area contributed by atoms with Crippen LogP contribution in [0.15, 0.2) is 24.3 Å². The van der Waals surface area contributed by atoms with Crippen LogP contribution in [0, 0.1) is 5.82 Å². The van der Waals surface area contributed by atoms with Crippen LogP contribution < -0.4 is 10.2 Å². The third-order valence-corrected chi connectivity index (χ3v) is 2.12. The van der Waals surface area contributed by atoms with Gasteiger partial charge in [-0.3, -0.25) is 9.80 Å². The van der Waals surface area contributed by atoms with E-state index in [0.29, 0.717) is 12.3 Å². The Morgan fingerprint density at radius 3 is 2.67 bits per heavy atom. The van der Waals surface area contributed by atoms with Crippen molar-refractivity contribution in [1.82, 2.24) is 10.4 Å². The number of benzene rings is 1. The first kappa shape index (κ1) is 9.92. The van der Waals surface area contributed by atoms with Gasteiger partial charge in [0.15, 0.2) is 6.61 Å². The van der Waals surface area contributed by atoms with Gasteiger partial charge in [-0.05, 0) is 24.3 Å². The van der Waals surface area contributed by atoms with Crippen LogP contribution in [-0.2, 0) is 4.79 Å². The number of nitrogens with zero attached hydrogens (tertiary/aromatic N) is 1. The molecule has 0 saturated carbocycles. The van der Waals surface area contributed by atoms with Crippen LogP contribution in [0.1, 0.15) is 0 Å². The van der Waals surface area contributed by atoms with Crippen molar-refractivity contribution in [1.29, 1.82) is 0 Å². The fraction of sp³-hybridized carbons (Fsp3) is 0.300. The van der Waals surface area contributed by atoms with E-state index in [1.165, 1.54) is 29.3 Å². The zero-order valence-electron chi connectivity index (χ0n) is 8.07. The number of carbonyl (C=O) groups excluding carboxylic acids is 1. The Kier molecular flexibility index (Phi) is 2.82. The van der Waals surface area contributed by atoms with Crippen molar-refractivity contribution in [3.63, 3.8) is 0 Å². The van der Waals surface area contributed by atoms with Crippen molar-refractivity contribution in [2.45, 2.75) is 0 Å². The lowest BCUT2D eigenvalue weighted by atomic mass is 10.3. The highest BCUT2D eigenvalue weighted by atomic mass is 19.1. The molecule has 15 heavy (non-hydrogen) atoms. The lowest BCUT2D eigenvalue weighted by Crippen LogP contribution is -2.57. The van der Waals surface area contributed by atoms with Crippen LogP contribution in [0.25, 0.3) is 0 Å². The summed E-state index contributed by atoms with van der Waals surface area (Å²) in [5.74, 6) is 0.0499. The quantitative estimate of drug-likeness (QED) is 0.792. The highest BCUT2D eigenvalue weighted by Crippen LogP contribution is 2.11. The van der Waals surface area contributed by atoms with Crippen LogP contribution in [0.3, 0.4) is 0 Å². The summed E-state index contributed by atoms with van der Waals surface area (Å²) in [5.41, 5.74) is 2.83. The summed E-state index contributed by atoms with van der Waals surface area (Å²) in [5, 5.41) is 1.49. The predicted octanol–water partition coefficient (Wildman–Crippen LogP) is 0.551. The molecular weight excluding hydrogens is 199 g/mol. The zero-order chi connectivity index (χ0) is 10.7.